The monoisotopic (exact) mass is 322 g/mol. The van der Waals surface area contributed by atoms with Gasteiger partial charge in [-0.15, -0.1) is 0 Å². The first-order valence-corrected chi connectivity index (χ1v) is 8.02. The van der Waals surface area contributed by atoms with E-state index < -0.39 is 5.97 Å². The zero-order valence-corrected chi connectivity index (χ0v) is 13.1. The van der Waals surface area contributed by atoms with Gasteiger partial charge in [-0.05, 0) is 37.1 Å². The van der Waals surface area contributed by atoms with Crippen molar-refractivity contribution in [2.75, 3.05) is 24.5 Å². The Morgan fingerprint density at radius 1 is 1.26 bits per heavy atom. The number of hydrogen-bond donors (Lipinski definition) is 2. The van der Waals surface area contributed by atoms with Gasteiger partial charge in [-0.2, -0.15) is 0 Å². The summed E-state index contributed by atoms with van der Waals surface area (Å²) in [6.07, 6.45) is 2.44. The van der Waals surface area contributed by atoms with Gasteiger partial charge in [-0.3, -0.25) is 9.59 Å². The molecule has 1 saturated heterocycles. The van der Waals surface area contributed by atoms with Crippen LogP contribution in [0.2, 0.25) is 0 Å². The smallest absolute Gasteiger partial charge is 0.310 e. The zero-order chi connectivity index (χ0) is 16.7. The molecule has 0 spiro atoms. The van der Waals surface area contributed by atoms with Crippen molar-refractivity contribution in [3.8, 4) is 0 Å². The molecule has 2 rings (SSSR count). The number of rotatable bonds is 8. The van der Waals surface area contributed by atoms with E-state index in [-0.39, 0.29) is 18.0 Å². The molecular formula is C17H23FN2O3. The van der Waals surface area contributed by atoms with Gasteiger partial charge in [-0.1, -0.05) is 6.42 Å². The third kappa shape index (κ3) is 5.63. The Hall–Kier alpha value is -1.95. The second-order valence-electron chi connectivity index (χ2n) is 5.88. The Bertz CT molecular complexity index is 533. The Labute approximate surface area is 135 Å². The Morgan fingerprint density at radius 3 is 2.70 bits per heavy atom. The van der Waals surface area contributed by atoms with Gasteiger partial charge < -0.3 is 15.3 Å². The number of carboxylic acid groups (broad SMARTS) is 1. The van der Waals surface area contributed by atoms with E-state index in [0.29, 0.717) is 18.9 Å². The highest BCUT2D eigenvalue weighted by atomic mass is 19.1. The lowest BCUT2D eigenvalue weighted by Gasteiger charge is -2.38. The number of ketones is 1. The number of halogens is 1. The molecule has 6 heteroatoms. The number of carboxylic acids is 1. The van der Waals surface area contributed by atoms with Gasteiger partial charge in [0.1, 0.15) is 18.0 Å². The summed E-state index contributed by atoms with van der Waals surface area (Å²) in [6.45, 7) is 2.62. The number of nitrogens with one attached hydrogen (secondary N) is 1. The summed E-state index contributed by atoms with van der Waals surface area (Å²) in [5.74, 6) is -1.51. The van der Waals surface area contributed by atoms with E-state index in [9.17, 15) is 14.0 Å². The zero-order valence-electron chi connectivity index (χ0n) is 13.1. The summed E-state index contributed by atoms with van der Waals surface area (Å²) >= 11 is 0. The quantitative estimate of drug-likeness (QED) is 0.567. The molecule has 2 N–H and O–H groups in total. The second-order valence-corrected chi connectivity index (χ2v) is 5.88. The molecule has 0 aliphatic carbocycles. The number of Topliss-reactive ketones (excluding diaryl/α,β-unsaturated/α-hetero) is 1. The molecular weight excluding hydrogens is 299 g/mol. The van der Waals surface area contributed by atoms with Gasteiger partial charge in [0.05, 0.1) is 0 Å². The van der Waals surface area contributed by atoms with Crippen LogP contribution in [0.1, 0.15) is 32.1 Å². The van der Waals surface area contributed by atoms with Crippen molar-refractivity contribution in [2.24, 2.45) is 0 Å². The summed E-state index contributed by atoms with van der Waals surface area (Å²) in [7, 11) is 0. The third-order valence-corrected chi connectivity index (χ3v) is 4.10. The molecule has 23 heavy (non-hydrogen) atoms. The number of carbonyl (C=O) groups is 2. The molecule has 1 aliphatic rings. The fourth-order valence-electron chi connectivity index (χ4n) is 2.95. The van der Waals surface area contributed by atoms with Crippen LogP contribution < -0.4 is 10.2 Å². The SMILES string of the molecule is O=C(O)CC(=O)CCCCC1CNCCN1c1ccc(F)cc1. The van der Waals surface area contributed by atoms with Gasteiger partial charge in [0, 0.05) is 37.8 Å². The standard InChI is InChI=1S/C17H23FN2O3/c18-13-5-7-14(8-6-13)20-10-9-19-12-15(20)3-1-2-4-16(21)11-17(22)23/h5-8,15,19H,1-4,9-12H2,(H,22,23). The maximum atomic E-state index is 13.1. The Morgan fingerprint density at radius 2 is 2.00 bits per heavy atom. The van der Waals surface area contributed by atoms with E-state index in [4.69, 9.17) is 5.11 Å². The third-order valence-electron chi connectivity index (χ3n) is 4.10. The fourth-order valence-corrected chi connectivity index (χ4v) is 2.95. The van der Waals surface area contributed by atoms with Crippen LogP contribution in [0.5, 0.6) is 0 Å². The van der Waals surface area contributed by atoms with Crippen LogP contribution in [0.15, 0.2) is 24.3 Å². The van der Waals surface area contributed by atoms with Crippen molar-refractivity contribution >= 4 is 17.4 Å². The van der Waals surface area contributed by atoms with Gasteiger partial charge in [0.2, 0.25) is 0 Å². The molecule has 0 aromatic heterocycles. The van der Waals surface area contributed by atoms with Crippen molar-refractivity contribution in [1.82, 2.24) is 5.32 Å². The number of anilines is 1. The number of unbranched alkanes of at least 4 members (excludes halogenated alkanes) is 1. The van der Waals surface area contributed by atoms with E-state index in [0.717, 1.165) is 38.2 Å². The predicted molar refractivity (Wildman–Crippen MR) is 86.1 cm³/mol. The number of hydrogen-bond acceptors (Lipinski definition) is 4. The summed E-state index contributed by atoms with van der Waals surface area (Å²) < 4.78 is 13.1. The maximum absolute atomic E-state index is 13.1. The first-order chi connectivity index (χ1) is 11.1. The van der Waals surface area contributed by atoms with Crippen LogP contribution in [0.25, 0.3) is 0 Å². The second kappa shape index (κ2) is 8.62. The molecule has 1 aliphatic heterocycles. The molecule has 1 heterocycles. The van der Waals surface area contributed by atoms with Crippen LogP contribution in [-0.2, 0) is 9.59 Å². The van der Waals surface area contributed by atoms with E-state index >= 15 is 0 Å². The van der Waals surface area contributed by atoms with Crippen molar-refractivity contribution < 1.29 is 19.1 Å². The lowest BCUT2D eigenvalue weighted by molar-refractivity contribution is -0.140. The lowest BCUT2D eigenvalue weighted by Crippen LogP contribution is -2.51. The van der Waals surface area contributed by atoms with Gasteiger partial charge in [-0.25, -0.2) is 4.39 Å². The topological polar surface area (TPSA) is 69.6 Å². The summed E-state index contributed by atoms with van der Waals surface area (Å²) in [4.78, 5) is 24.1. The van der Waals surface area contributed by atoms with Crippen LogP contribution in [0, 0.1) is 5.82 Å². The predicted octanol–water partition coefficient (Wildman–Crippen LogP) is 2.21. The maximum Gasteiger partial charge on any atom is 0.310 e. The van der Waals surface area contributed by atoms with Gasteiger partial charge in [0.15, 0.2) is 0 Å². The highest BCUT2D eigenvalue weighted by molar-refractivity contribution is 5.94. The number of nitrogens with zero attached hydrogens (tertiary/aromatic N) is 1. The van der Waals surface area contributed by atoms with E-state index in [2.05, 4.69) is 10.2 Å². The summed E-state index contributed by atoms with van der Waals surface area (Å²) in [5.41, 5.74) is 1.01. The van der Waals surface area contributed by atoms with Crippen LogP contribution in [0.3, 0.4) is 0 Å². The first-order valence-electron chi connectivity index (χ1n) is 8.02. The van der Waals surface area contributed by atoms with Gasteiger partial charge >= 0.3 is 5.97 Å². The number of benzene rings is 1. The number of carbonyl (C=O) groups excluding carboxylic acids is 1. The lowest BCUT2D eigenvalue weighted by atomic mass is 10.0. The van der Waals surface area contributed by atoms with Crippen molar-refractivity contribution in [3.63, 3.8) is 0 Å². The molecule has 1 aromatic rings. The number of piperazine rings is 1. The molecule has 0 amide bonds. The molecule has 5 nitrogen and oxygen atoms in total. The minimum Gasteiger partial charge on any atom is -0.481 e. The first kappa shape index (κ1) is 17.4. The van der Waals surface area contributed by atoms with Crippen LogP contribution in [0.4, 0.5) is 10.1 Å². The highest BCUT2D eigenvalue weighted by Gasteiger charge is 2.22. The van der Waals surface area contributed by atoms with Crippen molar-refractivity contribution in [1.29, 1.82) is 0 Å². The highest BCUT2D eigenvalue weighted by Crippen LogP contribution is 2.22. The molecule has 0 radical (unpaired) electrons. The van der Waals surface area contributed by atoms with Crippen LogP contribution in [-0.4, -0.2) is 42.5 Å². The Kier molecular flexibility index (Phi) is 6.52. The van der Waals surface area contributed by atoms with Crippen LogP contribution >= 0.6 is 0 Å². The molecule has 1 aromatic carbocycles. The molecule has 1 unspecified atom stereocenters. The molecule has 1 atom stereocenters. The van der Waals surface area contributed by atoms with E-state index in [1.165, 1.54) is 12.1 Å². The van der Waals surface area contributed by atoms with Crippen molar-refractivity contribution in [3.05, 3.63) is 30.1 Å². The molecule has 1 fully saturated rings. The molecule has 0 saturated carbocycles. The molecule has 0 bridgehead atoms. The number of aliphatic carboxylic acids is 1. The van der Waals surface area contributed by atoms with E-state index in [1.54, 1.807) is 12.1 Å². The molecule has 126 valence electrons. The fraction of sp³-hybridized carbons (Fsp3) is 0.529. The average molecular weight is 322 g/mol. The Balaban J connectivity index is 1.81. The summed E-state index contributed by atoms with van der Waals surface area (Å²) in [6, 6.07) is 6.84. The largest absolute Gasteiger partial charge is 0.481 e. The van der Waals surface area contributed by atoms with Gasteiger partial charge in [0.25, 0.3) is 0 Å². The minimum absolute atomic E-state index is 0.213. The normalized spacial score (nSPS) is 18.0. The minimum atomic E-state index is -1.06. The average Bonchev–Trinajstić information content (AvgIpc) is 2.52. The summed E-state index contributed by atoms with van der Waals surface area (Å²) in [5, 5.41) is 11.9. The van der Waals surface area contributed by atoms with Crippen molar-refractivity contribution in [2.45, 2.75) is 38.1 Å². The van der Waals surface area contributed by atoms with E-state index in [1.807, 2.05) is 0 Å².